The average molecular weight is 377 g/mol. The summed E-state index contributed by atoms with van der Waals surface area (Å²) in [5, 5.41) is 8.03. The van der Waals surface area contributed by atoms with Gasteiger partial charge in [-0.05, 0) is 57.8 Å². The number of carbonyl (C=O) groups excluding carboxylic acids is 1. The molecule has 0 spiro atoms. The summed E-state index contributed by atoms with van der Waals surface area (Å²) in [5.74, 6) is 0.803. The molecule has 2 aromatic rings. The van der Waals surface area contributed by atoms with Crippen molar-refractivity contribution in [3.63, 3.8) is 0 Å². The maximum Gasteiger partial charge on any atom is 0.257 e. The molecule has 0 atom stereocenters. The van der Waals surface area contributed by atoms with Crippen LogP contribution in [-0.4, -0.2) is 46.8 Å². The Bertz CT molecular complexity index is 721. The van der Waals surface area contributed by atoms with Crippen LogP contribution in [0.25, 0.3) is 5.69 Å². The molecule has 142 valence electrons. The number of rotatable bonds is 5. The molecule has 1 aromatic carbocycles. The number of nitrogens with one attached hydrogen (secondary N) is 1. The highest BCUT2D eigenvalue weighted by molar-refractivity contribution is 5.96. The molecule has 2 heterocycles. The summed E-state index contributed by atoms with van der Waals surface area (Å²) in [5.41, 5.74) is 3.48. The van der Waals surface area contributed by atoms with Crippen LogP contribution >= 0.6 is 12.4 Å². The molecule has 1 aliphatic heterocycles. The first kappa shape index (κ1) is 20.5. The zero-order chi connectivity index (χ0) is 17.8. The fraction of sp³-hybridized carbons (Fsp3) is 0.500. The van der Waals surface area contributed by atoms with Gasteiger partial charge in [-0.25, -0.2) is 4.68 Å². The molecular weight excluding hydrogens is 348 g/mol. The molecule has 1 aliphatic rings. The molecule has 1 aromatic heterocycles. The molecular formula is C20H29ClN4O. The zero-order valence-electron chi connectivity index (χ0n) is 15.9. The summed E-state index contributed by atoms with van der Waals surface area (Å²) in [6.45, 7) is 9.79. The summed E-state index contributed by atoms with van der Waals surface area (Å²) in [6, 6.07) is 9.99. The first-order valence-electron chi connectivity index (χ1n) is 9.23. The number of aryl methyl sites for hydroxylation is 1. The van der Waals surface area contributed by atoms with Crippen LogP contribution in [0.5, 0.6) is 0 Å². The number of halogens is 1. The number of likely N-dealkylation sites (tertiary alicyclic amines) is 1. The van der Waals surface area contributed by atoms with Gasteiger partial charge in [0.2, 0.25) is 0 Å². The van der Waals surface area contributed by atoms with Gasteiger partial charge in [0, 0.05) is 13.1 Å². The van der Waals surface area contributed by atoms with Gasteiger partial charge in [-0.15, -0.1) is 12.4 Å². The average Bonchev–Trinajstić information content (AvgIpc) is 2.95. The van der Waals surface area contributed by atoms with Crippen molar-refractivity contribution >= 4 is 18.3 Å². The van der Waals surface area contributed by atoms with E-state index in [1.165, 1.54) is 0 Å². The van der Waals surface area contributed by atoms with Gasteiger partial charge in [0.25, 0.3) is 5.91 Å². The topological polar surface area (TPSA) is 50.2 Å². The van der Waals surface area contributed by atoms with Crippen LogP contribution in [0.3, 0.4) is 0 Å². The SMILES string of the molecule is CCNCC1CCN(C(=O)c2c(C)nn(-c3ccccc3)c2C)CC1.Cl. The third-order valence-corrected chi connectivity index (χ3v) is 5.09. The fourth-order valence-electron chi connectivity index (χ4n) is 3.62. The molecule has 3 rings (SSSR count). The summed E-state index contributed by atoms with van der Waals surface area (Å²) in [6.07, 6.45) is 2.15. The van der Waals surface area contributed by atoms with Crippen molar-refractivity contribution in [1.82, 2.24) is 20.0 Å². The Morgan fingerprint density at radius 1 is 1.19 bits per heavy atom. The van der Waals surface area contributed by atoms with E-state index in [2.05, 4.69) is 17.3 Å². The first-order chi connectivity index (χ1) is 12.1. The van der Waals surface area contributed by atoms with E-state index >= 15 is 0 Å². The number of piperidine rings is 1. The number of carbonyl (C=O) groups is 1. The van der Waals surface area contributed by atoms with E-state index in [4.69, 9.17) is 0 Å². The second kappa shape index (κ2) is 9.19. The van der Waals surface area contributed by atoms with Crippen LogP contribution in [0.15, 0.2) is 30.3 Å². The fourth-order valence-corrected chi connectivity index (χ4v) is 3.62. The van der Waals surface area contributed by atoms with Crippen LogP contribution in [-0.2, 0) is 0 Å². The molecule has 0 unspecified atom stereocenters. The van der Waals surface area contributed by atoms with Crippen molar-refractivity contribution < 1.29 is 4.79 Å². The lowest BCUT2D eigenvalue weighted by molar-refractivity contribution is 0.0689. The largest absolute Gasteiger partial charge is 0.339 e. The van der Waals surface area contributed by atoms with Gasteiger partial charge < -0.3 is 10.2 Å². The van der Waals surface area contributed by atoms with Crippen molar-refractivity contribution in [2.24, 2.45) is 5.92 Å². The monoisotopic (exact) mass is 376 g/mol. The first-order valence-corrected chi connectivity index (χ1v) is 9.23. The predicted octanol–water partition coefficient (Wildman–Crippen LogP) is 3.37. The second-order valence-corrected chi connectivity index (χ2v) is 6.84. The molecule has 1 saturated heterocycles. The highest BCUT2D eigenvalue weighted by Crippen LogP contribution is 2.23. The second-order valence-electron chi connectivity index (χ2n) is 6.84. The Labute approximate surface area is 162 Å². The van der Waals surface area contributed by atoms with E-state index in [0.717, 1.165) is 61.7 Å². The van der Waals surface area contributed by atoms with Crippen LogP contribution in [0, 0.1) is 19.8 Å². The molecule has 6 heteroatoms. The number of hydrogen-bond acceptors (Lipinski definition) is 3. The lowest BCUT2D eigenvalue weighted by atomic mass is 9.96. The minimum absolute atomic E-state index is 0. The maximum absolute atomic E-state index is 13.1. The Balaban J connectivity index is 0.00000243. The van der Waals surface area contributed by atoms with Crippen molar-refractivity contribution in [2.75, 3.05) is 26.2 Å². The minimum atomic E-state index is 0. The smallest absolute Gasteiger partial charge is 0.257 e. The van der Waals surface area contributed by atoms with Gasteiger partial charge in [0.1, 0.15) is 0 Å². The number of nitrogens with zero attached hydrogens (tertiary/aromatic N) is 3. The van der Waals surface area contributed by atoms with Gasteiger partial charge in [-0.3, -0.25) is 4.79 Å². The van der Waals surface area contributed by atoms with E-state index < -0.39 is 0 Å². The van der Waals surface area contributed by atoms with E-state index in [1.807, 2.05) is 53.8 Å². The normalized spacial score (nSPS) is 15.0. The molecule has 1 N–H and O–H groups in total. The third-order valence-electron chi connectivity index (χ3n) is 5.09. The Hall–Kier alpha value is -1.85. The number of aromatic nitrogens is 2. The summed E-state index contributed by atoms with van der Waals surface area (Å²) in [4.78, 5) is 15.1. The van der Waals surface area contributed by atoms with E-state index in [0.29, 0.717) is 5.92 Å². The van der Waals surface area contributed by atoms with Gasteiger partial charge in [-0.1, -0.05) is 25.1 Å². The summed E-state index contributed by atoms with van der Waals surface area (Å²) in [7, 11) is 0. The van der Waals surface area contributed by atoms with Gasteiger partial charge >= 0.3 is 0 Å². The lowest BCUT2D eigenvalue weighted by Gasteiger charge is -2.32. The lowest BCUT2D eigenvalue weighted by Crippen LogP contribution is -2.41. The number of hydrogen-bond donors (Lipinski definition) is 1. The molecule has 0 radical (unpaired) electrons. The summed E-state index contributed by atoms with van der Waals surface area (Å²) >= 11 is 0. The molecule has 5 nitrogen and oxygen atoms in total. The van der Waals surface area contributed by atoms with Crippen molar-refractivity contribution in [1.29, 1.82) is 0 Å². The van der Waals surface area contributed by atoms with E-state index in [1.54, 1.807) is 0 Å². The van der Waals surface area contributed by atoms with Gasteiger partial charge in [0.15, 0.2) is 0 Å². The predicted molar refractivity (Wildman–Crippen MR) is 107 cm³/mol. The number of benzene rings is 1. The van der Waals surface area contributed by atoms with Crippen molar-refractivity contribution in [2.45, 2.75) is 33.6 Å². The van der Waals surface area contributed by atoms with Crippen molar-refractivity contribution in [3.05, 3.63) is 47.3 Å². The highest BCUT2D eigenvalue weighted by Gasteiger charge is 2.27. The molecule has 1 fully saturated rings. The molecule has 26 heavy (non-hydrogen) atoms. The van der Waals surface area contributed by atoms with Gasteiger partial charge in [-0.2, -0.15) is 5.10 Å². The quantitative estimate of drug-likeness (QED) is 0.870. The molecule has 0 bridgehead atoms. The van der Waals surface area contributed by atoms with Crippen molar-refractivity contribution in [3.8, 4) is 5.69 Å². The standard InChI is InChI=1S/C20H28N4O.ClH/c1-4-21-14-17-10-12-23(13-11-17)20(25)19-15(2)22-24(16(19)3)18-8-6-5-7-9-18;/h5-9,17,21H,4,10-14H2,1-3H3;1H. The van der Waals surface area contributed by atoms with Crippen LogP contribution in [0.4, 0.5) is 0 Å². The molecule has 0 aliphatic carbocycles. The zero-order valence-corrected chi connectivity index (χ0v) is 16.7. The minimum Gasteiger partial charge on any atom is -0.339 e. The molecule has 0 saturated carbocycles. The Morgan fingerprint density at radius 3 is 2.46 bits per heavy atom. The molecule has 1 amide bonds. The van der Waals surface area contributed by atoms with E-state index in [-0.39, 0.29) is 18.3 Å². The number of amides is 1. The number of para-hydroxylation sites is 1. The van der Waals surface area contributed by atoms with E-state index in [9.17, 15) is 4.79 Å². The Kier molecular flexibility index (Phi) is 7.23. The highest BCUT2D eigenvalue weighted by atomic mass is 35.5. The Morgan fingerprint density at radius 2 is 1.85 bits per heavy atom. The van der Waals surface area contributed by atoms with Crippen LogP contribution in [0.2, 0.25) is 0 Å². The van der Waals surface area contributed by atoms with Gasteiger partial charge in [0.05, 0.1) is 22.6 Å². The third kappa shape index (κ3) is 4.27. The van der Waals surface area contributed by atoms with Crippen LogP contribution < -0.4 is 5.32 Å². The maximum atomic E-state index is 13.1. The van der Waals surface area contributed by atoms with Crippen LogP contribution in [0.1, 0.15) is 41.5 Å². The summed E-state index contributed by atoms with van der Waals surface area (Å²) < 4.78 is 1.88.